The molecule has 3 aromatic heterocycles. The summed E-state index contributed by atoms with van der Waals surface area (Å²) in [7, 11) is 2.88. The highest BCUT2D eigenvalue weighted by atomic mass is 19.3. The standard InChI is InChI=1S/C23H26F4N8O2/c1-36-10-9-33-7-5-18(23(26,27)13-33)28-22-29-21(37-2)20-19(15(25)12-35(20)31-22)14-3-4-16-17(11-14)34(8-6-24)32-30-16/h3-4,11-12,18H,5-10,13H2,1-2H3,(H,28,31). The number of nitrogens with one attached hydrogen (secondary N) is 1. The minimum Gasteiger partial charge on any atom is -0.479 e. The third kappa shape index (κ3) is 4.78. The summed E-state index contributed by atoms with van der Waals surface area (Å²) in [5.41, 5.74) is 1.88. The van der Waals surface area contributed by atoms with Gasteiger partial charge in [-0.05, 0) is 24.1 Å². The summed E-state index contributed by atoms with van der Waals surface area (Å²) in [6.07, 6.45) is 1.29. The molecule has 1 atom stereocenters. The molecule has 10 nitrogen and oxygen atoms in total. The van der Waals surface area contributed by atoms with E-state index in [1.807, 2.05) is 0 Å². The molecule has 37 heavy (non-hydrogen) atoms. The van der Waals surface area contributed by atoms with E-state index in [0.29, 0.717) is 36.3 Å². The van der Waals surface area contributed by atoms with Crippen LogP contribution in [0.25, 0.3) is 27.7 Å². The lowest BCUT2D eigenvalue weighted by atomic mass is 10.0. The molecule has 0 amide bonds. The van der Waals surface area contributed by atoms with Gasteiger partial charge in [-0.2, -0.15) is 4.98 Å². The maximum atomic E-state index is 15.2. The molecule has 198 valence electrons. The van der Waals surface area contributed by atoms with Crippen molar-refractivity contribution in [2.45, 2.75) is 24.9 Å². The number of likely N-dealkylation sites (tertiary alicyclic amines) is 1. The predicted octanol–water partition coefficient (Wildman–Crippen LogP) is 3.03. The summed E-state index contributed by atoms with van der Waals surface area (Å²) in [5.74, 6) is -3.77. The van der Waals surface area contributed by atoms with Crippen LogP contribution in [0.5, 0.6) is 5.88 Å². The molecule has 1 aliphatic heterocycles. The number of piperidine rings is 1. The lowest BCUT2D eigenvalue weighted by molar-refractivity contribution is -0.0770. The van der Waals surface area contributed by atoms with Crippen LogP contribution in [0, 0.1) is 5.82 Å². The van der Waals surface area contributed by atoms with Crippen molar-refractivity contribution in [1.82, 2.24) is 34.5 Å². The first-order valence-corrected chi connectivity index (χ1v) is 11.7. The summed E-state index contributed by atoms with van der Waals surface area (Å²) < 4.78 is 70.9. The van der Waals surface area contributed by atoms with Crippen molar-refractivity contribution in [2.75, 3.05) is 52.5 Å². The molecule has 0 radical (unpaired) electrons. The second kappa shape index (κ2) is 10.1. The fourth-order valence-corrected chi connectivity index (χ4v) is 4.62. The van der Waals surface area contributed by atoms with Gasteiger partial charge in [0.2, 0.25) is 11.8 Å². The number of nitrogens with zero attached hydrogens (tertiary/aromatic N) is 7. The van der Waals surface area contributed by atoms with Crippen molar-refractivity contribution in [3.63, 3.8) is 0 Å². The van der Waals surface area contributed by atoms with Gasteiger partial charge >= 0.3 is 0 Å². The molecule has 4 aromatic rings. The normalized spacial score (nSPS) is 18.1. The van der Waals surface area contributed by atoms with E-state index >= 15 is 4.39 Å². The Morgan fingerprint density at radius 2 is 2.05 bits per heavy atom. The SMILES string of the molecule is COCCN1CCC(Nc2nc(OC)c3c(-c4ccc5nnn(CCF)c5c4)c(F)cn3n2)C(F)(F)C1. The highest BCUT2D eigenvalue weighted by Crippen LogP contribution is 2.36. The molecule has 0 aliphatic carbocycles. The van der Waals surface area contributed by atoms with E-state index in [1.165, 1.54) is 23.4 Å². The van der Waals surface area contributed by atoms with Crippen molar-refractivity contribution < 1.29 is 27.0 Å². The third-order valence-corrected chi connectivity index (χ3v) is 6.44. The van der Waals surface area contributed by atoms with Gasteiger partial charge in [-0.25, -0.2) is 26.8 Å². The minimum absolute atomic E-state index is 0.00716. The summed E-state index contributed by atoms with van der Waals surface area (Å²) >= 11 is 0. The number of ether oxygens (including phenoxy) is 2. The fraction of sp³-hybridized carbons (Fsp3) is 0.478. The van der Waals surface area contributed by atoms with Gasteiger partial charge in [-0.3, -0.25) is 4.90 Å². The van der Waals surface area contributed by atoms with Crippen LogP contribution in [0.1, 0.15) is 6.42 Å². The van der Waals surface area contributed by atoms with Crippen molar-refractivity contribution in [1.29, 1.82) is 0 Å². The van der Waals surface area contributed by atoms with Crippen LogP contribution in [0.2, 0.25) is 0 Å². The summed E-state index contributed by atoms with van der Waals surface area (Å²) in [4.78, 5) is 5.91. The van der Waals surface area contributed by atoms with Crippen LogP contribution in [0.3, 0.4) is 0 Å². The Hall–Kier alpha value is -3.52. The first-order valence-electron chi connectivity index (χ1n) is 11.7. The number of hydrogen-bond acceptors (Lipinski definition) is 8. The first-order chi connectivity index (χ1) is 17.8. The second-order valence-corrected chi connectivity index (χ2v) is 8.81. The summed E-state index contributed by atoms with van der Waals surface area (Å²) in [6, 6.07) is 3.74. The lowest BCUT2D eigenvalue weighted by Crippen LogP contribution is -2.55. The van der Waals surface area contributed by atoms with Crippen molar-refractivity contribution in [3.05, 3.63) is 30.2 Å². The summed E-state index contributed by atoms with van der Waals surface area (Å²) in [5, 5.41) is 14.9. The molecule has 5 rings (SSSR count). The Morgan fingerprint density at radius 3 is 2.78 bits per heavy atom. The fourth-order valence-electron chi connectivity index (χ4n) is 4.62. The minimum atomic E-state index is -3.04. The van der Waals surface area contributed by atoms with Gasteiger partial charge in [0.1, 0.15) is 17.7 Å². The molecule has 1 saturated heterocycles. The van der Waals surface area contributed by atoms with E-state index in [4.69, 9.17) is 9.47 Å². The molecule has 14 heteroatoms. The Morgan fingerprint density at radius 1 is 1.22 bits per heavy atom. The van der Waals surface area contributed by atoms with Gasteiger partial charge < -0.3 is 14.8 Å². The first kappa shape index (κ1) is 25.1. The average molecular weight is 523 g/mol. The lowest BCUT2D eigenvalue weighted by Gasteiger charge is -2.38. The van der Waals surface area contributed by atoms with Crippen LogP contribution in [0.15, 0.2) is 24.4 Å². The molecule has 0 spiro atoms. The Kier molecular flexibility index (Phi) is 6.86. The molecule has 0 bridgehead atoms. The number of halogens is 4. The Labute approximate surface area is 209 Å². The second-order valence-electron chi connectivity index (χ2n) is 8.81. The van der Waals surface area contributed by atoms with E-state index < -0.39 is 31.0 Å². The largest absolute Gasteiger partial charge is 0.479 e. The van der Waals surface area contributed by atoms with E-state index in [0.717, 1.165) is 6.20 Å². The number of aryl methyl sites for hydroxylation is 1. The number of rotatable bonds is 9. The third-order valence-electron chi connectivity index (χ3n) is 6.44. The maximum Gasteiger partial charge on any atom is 0.280 e. The molecule has 1 fully saturated rings. The van der Waals surface area contributed by atoms with Crippen LogP contribution < -0.4 is 10.1 Å². The van der Waals surface area contributed by atoms with E-state index in [1.54, 1.807) is 23.1 Å². The number of benzene rings is 1. The number of alkyl halides is 3. The zero-order valence-electron chi connectivity index (χ0n) is 20.3. The molecular formula is C23H26F4N8O2. The monoisotopic (exact) mass is 522 g/mol. The van der Waals surface area contributed by atoms with Crippen LogP contribution in [0.4, 0.5) is 23.5 Å². The van der Waals surface area contributed by atoms with Gasteiger partial charge in [0, 0.05) is 20.2 Å². The number of methoxy groups -OCH3 is 2. The number of aromatic nitrogens is 6. The van der Waals surface area contributed by atoms with Gasteiger partial charge in [-0.15, -0.1) is 10.2 Å². The Bertz CT molecular complexity index is 1410. The van der Waals surface area contributed by atoms with Crippen LogP contribution >= 0.6 is 0 Å². The topological polar surface area (TPSA) is 94.6 Å². The maximum absolute atomic E-state index is 15.2. The molecule has 1 unspecified atom stereocenters. The number of fused-ring (bicyclic) bond motifs is 2. The average Bonchev–Trinajstić information content (AvgIpc) is 3.43. The molecule has 1 N–H and O–H groups in total. The van der Waals surface area contributed by atoms with Crippen molar-refractivity contribution >= 4 is 22.5 Å². The van der Waals surface area contributed by atoms with E-state index in [-0.39, 0.29) is 35.9 Å². The van der Waals surface area contributed by atoms with Gasteiger partial charge in [0.15, 0.2) is 5.82 Å². The predicted molar refractivity (Wildman–Crippen MR) is 127 cm³/mol. The number of anilines is 1. The van der Waals surface area contributed by atoms with Gasteiger partial charge in [0.25, 0.3) is 5.92 Å². The zero-order valence-corrected chi connectivity index (χ0v) is 20.3. The van der Waals surface area contributed by atoms with Crippen LogP contribution in [-0.2, 0) is 11.3 Å². The van der Waals surface area contributed by atoms with Gasteiger partial charge in [-0.1, -0.05) is 11.3 Å². The quantitative estimate of drug-likeness (QED) is 0.336. The molecule has 1 aliphatic rings. The van der Waals surface area contributed by atoms with Crippen LogP contribution in [-0.4, -0.2) is 93.6 Å². The molecule has 4 heterocycles. The molecule has 1 aromatic carbocycles. The Balaban J connectivity index is 1.48. The molecular weight excluding hydrogens is 496 g/mol. The highest BCUT2D eigenvalue weighted by Gasteiger charge is 2.45. The summed E-state index contributed by atoms with van der Waals surface area (Å²) in [6.45, 7) is 0.192. The van der Waals surface area contributed by atoms with Crippen molar-refractivity contribution in [2.24, 2.45) is 0 Å². The number of hydrogen-bond donors (Lipinski definition) is 1. The van der Waals surface area contributed by atoms with E-state index in [2.05, 4.69) is 25.7 Å². The van der Waals surface area contributed by atoms with Crippen molar-refractivity contribution in [3.8, 4) is 17.0 Å². The highest BCUT2D eigenvalue weighted by molar-refractivity contribution is 5.89. The van der Waals surface area contributed by atoms with E-state index in [9.17, 15) is 13.2 Å². The molecule has 0 saturated carbocycles. The smallest absolute Gasteiger partial charge is 0.280 e. The zero-order chi connectivity index (χ0) is 26.2. The van der Waals surface area contributed by atoms with Gasteiger partial charge in [0.05, 0.1) is 50.1 Å².